The first-order chi connectivity index (χ1) is 15.2. The highest BCUT2D eigenvalue weighted by Gasteiger charge is 2.39. The van der Waals surface area contributed by atoms with Crippen molar-refractivity contribution in [2.24, 2.45) is 0 Å². The molecule has 11 heteroatoms. The third-order valence-electron chi connectivity index (χ3n) is 6.01. The lowest BCUT2D eigenvalue weighted by Gasteiger charge is -2.34. The molecule has 4 aromatic rings. The Labute approximate surface area is 177 Å². The first-order valence-corrected chi connectivity index (χ1v) is 10.3. The Balaban J connectivity index is 1.32. The van der Waals surface area contributed by atoms with Crippen LogP contribution in [0.15, 0.2) is 36.8 Å². The lowest BCUT2D eigenvalue weighted by Crippen LogP contribution is -2.48. The average Bonchev–Trinajstić information content (AvgIpc) is 3.44. The molecule has 10 nitrogen and oxygen atoms in total. The number of nitrogens with one attached hydrogen (secondary N) is 2. The number of ether oxygens (including phenoxy) is 1. The molecule has 0 amide bonds. The first-order valence-electron chi connectivity index (χ1n) is 10.3. The summed E-state index contributed by atoms with van der Waals surface area (Å²) in [7, 11) is 1.81. The van der Waals surface area contributed by atoms with Crippen LogP contribution in [-0.4, -0.2) is 85.7 Å². The van der Waals surface area contributed by atoms with Crippen molar-refractivity contribution < 1.29 is 9.13 Å². The molecule has 0 unspecified atom stereocenters. The first kappa shape index (κ1) is 18.5. The van der Waals surface area contributed by atoms with E-state index >= 15 is 0 Å². The van der Waals surface area contributed by atoms with Gasteiger partial charge in [-0.3, -0.25) is 4.90 Å². The van der Waals surface area contributed by atoms with Gasteiger partial charge in [0.15, 0.2) is 11.5 Å². The summed E-state index contributed by atoms with van der Waals surface area (Å²) < 4.78 is 23.3. The third kappa shape index (κ3) is 3.08. The maximum Gasteiger partial charge on any atom is 0.243 e. The molecule has 2 N–H and O–H groups in total. The fraction of sp³-hybridized carbons (Fsp3) is 0.400. The summed E-state index contributed by atoms with van der Waals surface area (Å²) in [4.78, 5) is 11.0. The number of fused-ring (bicyclic) bond motifs is 2. The van der Waals surface area contributed by atoms with E-state index in [4.69, 9.17) is 4.74 Å². The van der Waals surface area contributed by atoms with Crippen LogP contribution in [0.25, 0.3) is 22.4 Å². The Morgan fingerprint density at radius 1 is 1.10 bits per heavy atom. The normalized spacial score (nSPS) is 22.3. The summed E-state index contributed by atoms with van der Waals surface area (Å²) in [6, 6.07) is 5.75. The molecule has 2 atom stereocenters. The number of imidazole rings is 1. The van der Waals surface area contributed by atoms with Gasteiger partial charge in [-0.05, 0) is 18.2 Å². The summed E-state index contributed by atoms with van der Waals surface area (Å²) in [5.74, 6) is 1.03. The molecule has 0 bridgehead atoms. The molecule has 2 aliphatic heterocycles. The van der Waals surface area contributed by atoms with Gasteiger partial charge in [-0.15, -0.1) is 5.10 Å². The van der Waals surface area contributed by atoms with Gasteiger partial charge in [-0.1, -0.05) is 0 Å². The molecule has 6 rings (SSSR count). The molecular weight excluding hydrogens is 401 g/mol. The van der Waals surface area contributed by atoms with E-state index in [9.17, 15) is 4.39 Å². The lowest BCUT2D eigenvalue weighted by atomic mass is 10.2. The number of rotatable bonds is 5. The maximum atomic E-state index is 14.6. The van der Waals surface area contributed by atoms with E-state index in [1.807, 2.05) is 30.6 Å². The molecule has 6 heterocycles. The van der Waals surface area contributed by atoms with Crippen molar-refractivity contribution in [3.8, 4) is 11.3 Å². The smallest absolute Gasteiger partial charge is 0.243 e. The van der Waals surface area contributed by atoms with Gasteiger partial charge in [0, 0.05) is 44.3 Å². The van der Waals surface area contributed by atoms with Crippen LogP contribution >= 0.6 is 0 Å². The summed E-state index contributed by atoms with van der Waals surface area (Å²) in [6.07, 6.45) is 4.40. The molecule has 0 saturated carbocycles. The maximum absolute atomic E-state index is 14.6. The Bertz CT molecular complexity index is 1250. The van der Waals surface area contributed by atoms with Crippen molar-refractivity contribution in [2.45, 2.75) is 18.3 Å². The molecule has 4 aromatic heterocycles. The van der Waals surface area contributed by atoms with Crippen LogP contribution in [-0.2, 0) is 4.74 Å². The quantitative estimate of drug-likeness (QED) is 0.496. The summed E-state index contributed by atoms with van der Waals surface area (Å²) >= 11 is 0. The van der Waals surface area contributed by atoms with Crippen molar-refractivity contribution in [1.82, 2.24) is 34.1 Å². The molecule has 31 heavy (non-hydrogen) atoms. The molecule has 0 radical (unpaired) electrons. The minimum atomic E-state index is -0.982. The molecule has 0 spiro atoms. The number of likely N-dealkylation sites (tertiary alicyclic amines) is 1. The topological polar surface area (TPSA) is 96.9 Å². The monoisotopic (exact) mass is 423 g/mol. The Kier molecular flexibility index (Phi) is 4.25. The van der Waals surface area contributed by atoms with Crippen LogP contribution < -0.4 is 10.6 Å². The highest BCUT2D eigenvalue weighted by Crippen LogP contribution is 2.29. The van der Waals surface area contributed by atoms with Gasteiger partial charge < -0.3 is 15.4 Å². The minimum absolute atomic E-state index is 0.314. The summed E-state index contributed by atoms with van der Waals surface area (Å²) in [6.45, 7) is 2.37. The molecule has 0 aromatic carbocycles. The Hall–Kier alpha value is -3.31. The number of halogens is 1. The van der Waals surface area contributed by atoms with E-state index in [1.54, 1.807) is 22.3 Å². The average molecular weight is 423 g/mol. The molecule has 2 fully saturated rings. The number of alkyl halides is 1. The molecule has 0 aliphatic carbocycles. The van der Waals surface area contributed by atoms with E-state index in [0.717, 1.165) is 22.4 Å². The van der Waals surface area contributed by atoms with Crippen LogP contribution in [0.2, 0.25) is 0 Å². The second-order valence-electron chi connectivity index (χ2n) is 7.92. The predicted molar refractivity (Wildman–Crippen MR) is 113 cm³/mol. The highest BCUT2D eigenvalue weighted by atomic mass is 19.1. The van der Waals surface area contributed by atoms with Gasteiger partial charge in [0.25, 0.3) is 0 Å². The van der Waals surface area contributed by atoms with Crippen LogP contribution in [0.3, 0.4) is 0 Å². The van der Waals surface area contributed by atoms with Crippen LogP contribution in [0.5, 0.6) is 0 Å². The highest BCUT2D eigenvalue weighted by molar-refractivity contribution is 5.87. The summed E-state index contributed by atoms with van der Waals surface area (Å²) in [5.41, 5.74) is 3.26. The number of aromatic nitrogens is 6. The van der Waals surface area contributed by atoms with E-state index < -0.39 is 6.17 Å². The van der Waals surface area contributed by atoms with Gasteiger partial charge >= 0.3 is 0 Å². The van der Waals surface area contributed by atoms with E-state index in [1.165, 1.54) is 0 Å². The number of anilines is 2. The van der Waals surface area contributed by atoms with Crippen molar-refractivity contribution >= 4 is 22.9 Å². The van der Waals surface area contributed by atoms with Gasteiger partial charge in [-0.2, -0.15) is 10.1 Å². The molecule has 2 saturated heterocycles. The van der Waals surface area contributed by atoms with Crippen molar-refractivity contribution in [3.63, 3.8) is 0 Å². The zero-order chi connectivity index (χ0) is 20.9. The van der Waals surface area contributed by atoms with Crippen molar-refractivity contribution in [3.05, 3.63) is 36.8 Å². The van der Waals surface area contributed by atoms with Gasteiger partial charge in [0.05, 0.1) is 31.0 Å². The molecule has 160 valence electrons. The van der Waals surface area contributed by atoms with Gasteiger partial charge in [-0.25, -0.2) is 18.4 Å². The molecular formula is C20H22FN9O. The predicted octanol–water partition coefficient (Wildman–Crippen LogP) is 1.31. The SMILES string of the molecule is CNc1nc(N[C@H]2CN(C3COC3)C[C@H]2F)nn2ccc(-c3ccc4nccn4n3)c12. The zero-order valence-electron chi connectivity index (χ0n) is 16.9. The van der Waals surface area contributed by atoms with Crippen LogP contribution in [0.1, 0.15) is 0 Å². The lowest BCUT2D eigenvalue weighted by molar-refractivity contribution is -0.0585. The zero-order valence-corrected chi connectivity index (χ0v) is 16.9. The van der Waals surface area contributed by atoms with E-state index in [-0.39, 0.29) is 6.04 Å². The van der Waals surface area contributed by atoms with E-state index in [2.05, 4.69) is 35.7 Å². The van der Waals surface area contributed by atoms with Crippen molar-refractivity contribution in [1.29, 1.82) is 0 Å². The van der Waals surface area contributed by atoms with Gasteiger partial charge in [0.2, 0.25) is 5.95 Å². The standard InChI is InChI=1S/C20H22FN9O/c1-22-19-18-13(15-2-3-17-23-5-7-29(17)26-15)4-6-30(18)27-20(25-19)24-16-9-28(8-14(16)21)12-10-31-11-12/h2-7,12,14,16H,8-11H2,1H3,(H2,22,24,25,27)/t14-,16+/m1/s1. The van der Waals surface area contributed by atoms with Gasteiger partial charge in [0.1, 0.15) is 11.7 Å². The second-order valence-corrected chi connectivity index (χ2v) is 7.92. The Morgan fingerprint density at radius 3 is 2.81 bits per heavy atom. The minimum Gasteiger partial charge on any atom is -0.378 e. The van der Waals surface area contributed by atoms with Crippen LogP contribution in [0.4, 0.5) is 16.2 Å². The third-order valence-corrected chi connectivity index (χ3v) is 6.01. The number of hydrogen-bond acceptors (Lipinski definition) is 8. The van der Waals surface area contributed by atoms with Crippen LogP contribution in [0, 0.1) is 0 Å². The fourth-order valence-corrected chi connectivity index (χ4v) is 4.25. The Morgan fingerprint density at radius 2 is 2.00 bits per heavy atom. The van der Waals surface area contributed by atoms with E-state index in [0.29, 0.717) is 44.1 Å². The fourth-order valence-electron chi connectivity index (χ4n) is 4.25. The number of hydrogen-bond donors (Lipinski definition) is 2. The summed E-state index contributed by atoms with van der Waals surface area (Å²) in [5, 5.41) is 15.5. The number of nitrogens with zero attached hydrogens (tertiary/aromatic N) is 7. The molecule has 2 aliphatic rings. The largest absolute Gasteiger partial charge is 0.378 e. The van der Waals surface area contributed by atoms with Crippen molar-refractivity contribution in [2.75, 3.05) is 44.0 Å². The second kappa shape index (κ2) is 7.13.